The van der Waals surface area contributed by atoms with E-state index in [0.717, 1.165) is 5.56 Å². The van der Waals surface area contributed by atoms with E-state index >= 15 is 0 Å². The zero-order valence-corrected chi connectivity index (χ0v) is 15.1. The van der Waals surface area contributed by atoms with Gasteiger partial charge in [-0.15, -0.1) is 0 Å². The number of pyridine rings is 1. The van der Waals surface area contributed by atoms with Crippen molar-refractivity contribution in [2.24, 2.45) is 5.41 Å². The lowest BCUT2D eigenvalue weighted by Crippen LogP contribution is -2.42. The Morgan fingerprint density at radius 3 is 2.35 bits per heavy atom. The monoisotopic (exact) mass is 356 g/mol. The van der Waals surface area contributed by atoms with E-state index in [-0.39, 0.29) is 12.5 Å². The van der Waals surface area contributed by atoms with Gasteiger partial charge in [0.2, 0.25) is 5.88 Å². The summed E-state index contributed by atoms with van der Waals surface area (Å²) in [6.45, 7) is 4.10. The lowest BCUT2D eigenvalue weighted by molar-refractivity contribution is -0.149. The quantitative estimate of drug-likeness (QED) is 0.720. The molecule has 0 bridgehead atoms. The molecule has 6 heteroatoms. The number of ether oxygens (including phenoxy) is 1. The van der Waals surface area contributed by atoms with E-state index in [1.165, 1.54) is 6.20 Å². The number of carboxylic acid groups (broad SMARTS) is 1. The smallest absolute Gasteiger partial charge is 0.311 e. The summed E-state index contributed by atoms with van der Waals surface area (Å²) < 4.78 is 5.59. The SMILES string of the molecule is CCC(CC)(CNC(=O)c1ccc(OCc2ccccc2)nc1)C(=O)O. The Hall–Kier alpha value is -2.89. The highest BCUT2D eigenvalue weighted by Crippen LogP contribution is 2.25. The molecule has 2 rings (SSSR count). The molecule has 0 saturated carbocycles. The topological polar surface area (TPSA) is 88.5 Å². The van der Waals surface area contributed by atoms with Crippen LogP contribution < -0.4 is 10.1 Å². The van der Waals surface area contributed by atoms with Gasteiger partial charge in [0.15, 0.2) is 0 Å². The van der Waals surface area contributed by atoms with Crippen LogP contribution in [0.25, 0.3) is 0 Å². The van der Waals surface area contributed by atoms with Gasteiger partial charge in [0.1, 0.15) is 6.61 Å². The zero-order valence-electron chi connectivity index (χ0n) is 15.1. The predicted molar refractivity (Wildman–Crippen MR) is 98.0 cm³/mol. The molecule has 2 N–H and O–H groups in total. The van der Waals surface area contributed by atoms with E-state index in [1.54, 1.807) is 12.1 Å². The first-order valence-corrected chi connectivity index (χ1v) is 8.65. The van der Waals surface area contributed by atoms with Crippen LogP contribution in [0, 0.1) is 5.41 Å². The fraction of sp³-hybridized carbons (Fsp3) is 0.350. The van der Waals surface area contributed by atoms with Crippen molar-refractivity contribution in [2.75, 3.05) is 6.54 Å². The second kappa shape index (κ2) is 8.99. The van der Waals surface area contributed by atoms with E-state index < -0.39 is 11.4 Å². The second-order valence-corrected chi connectivity index (χ2v) is 6.13. The molecule has 0 unspecified atom stereocenters. The third-order valence-electron chi connectivity index (χ3n) is 4.62. The number of amides is 1. The number of carbonyl (C=O) groups is 2. The Bertz CT molecular complexity index is 725. The van der Waals surface area contributed by atoms with Crippen LogP contribution in [-0.4, -0.2) is 28.5 Å². The molecule has 0 atom stereocenters. The maximum absolute atomic E-state index is 12.3. The molecule has 2 aromatic rings. The van der Waals surface area contributed by atoms with Gasteiger partial charge in [0, 0.05) is 18.8 Å². The standard InChI is InChI=1S/C20H24N2O4/c1-3-20(4-2,19(24)25)14-22-18(23)16-10-11-17(21-12-16)26-13-15-8-6-5-7-9-15/h5-12H,3-4,13-14H2,1-2H3,(H,22,23)(H,24,25). The van der Waals surface area contributed by atoms with Gasteiger partial charge in [-0.2, -0.15) is 0 Å². The number of aliphatic carboxylic acids is 1. The molecule has 138 valence electrons. The van der Waals surface area contributed by atoms with Gasteiger partial charge in [-0.25, -0.2) is 4.98 Å². The molecule has 26 heavy (non-hydrogen) atoms. The number of hydrogen-bond donors (Lipinski definition) is 2. The summed E-state index contributed by atoms with van der Waals surface area (Å²) in [6, 6.07) is 13.0. The van der Waals surface area contributed by atoms with Crippen LogP contribution in [0.4, 0.5) is 0 Å². The molecule has 0 saturated heterocycles. The number of nitrogens with one attached hydrogen (secondary N) is 1. The fourth-order valence-electron chi connectivity index (χ4n) is 2.56. The molecule has 1 heterocycles. The highest BCUT2D eigenvalue weighted by atomic mass is 16.5. The van der Waals surface area contributed by atoms with Gasteiger partial charge in [-0.1, -0.05) is 44.2 Å². The summed E-state index contributed by atoms with van der Waals surface area (Å²) >= 11 is 0. The largest absolute Gasteiger partial charge is 0.481 e. The number of carboxylic acids is 1. The first-order valence-electron chi connectivity index (χ1n) is 8.65. The number of aromatic nitrogens is 1. The molecule has 1 amide bonds. The Labute approximate surface area is 153 Å². The minimum atomic E-state index is -0.943. The Morgan fingerprint density at radius 1 is 1.12 bits per heavy atom. The predicted octanol–water partition coefficient (Wildman–Crippen LogP) is 3.28. The average molecular weight is 356 g/mol. The van der Waals surface area contributed by atoms with Gasteiger partial charge in [-0.05, 0) is 24.5 Å². The molecule has 0 aliphatic heterocycles. The van der Waals surface area contributed by atoms with Crippen molar-refractivity contribution in [2.45, 2.75) is 33.3 Å². The van der Waals surface area contributed by atoms with E-state index in [0.29, 0.717) is 30.9 Å². The Balaban J connectivity index is 1.92. The Morgan fingerprint density at radius 2 is 1.81 bits per heavy atom. The van der Waals surface area contributed by atoms with Crippen molar-refractivity contribution >= 4 is 11.9 Å². The highest BCUT2D eigenvalue weighted by molar-refractivity contribution is 5.94. The molecule has 0 aliphatic rings. The van der Waals surface area contributed by atoms with Crippen LogP contribution in [0.2, 0.25) is 0 Å². The zero-order chi connectivity index (χ0) is 19.0. The van der Waals surface area contributed by atoms with Gasteiger partial charge in [-0.3, -0.25) is 9.59 Å². The normalized spacial score (nSPS) is 11.0. The number of hydrogen-bond acceptors (Lipinski definition) is 4. The minimum absolute atomic E-state index is 0.0838. The first kappa shape index (κ1) is 19.4. The lowest BCUT2D eigenvalue weighted by Gasteiger charge is -2.26. The third kappa shape index (κ3) is 4.81. The van der Waals surface area contributed by atoms with Crippen molar-refractivity contribution in [3.05, 3.63) is 59.8 Å². The van der Waals surface area contributed by atoms with Crippen molar-refractivity contribution < 1.29 is 19.4 Å². The van der Waals surface area contributed by atoms with E-state index in [9.17, 15) is 14.7 Å². The molecule has 1 aromatic heterocycles. The van der Waals surface area contributed by atoms with Gasteiger partial charge in [0.25, 0.3) is 5.91 Å². The van der Waals surface area contributed by atoms with Gasteiger partial charge < -0.3 is 15.2 Å². The van der Waals surface area contributed by atoms with Crippen LogP contribution in [-0.2, 0) is 11.4 Å². The molecule has 1 aromatic carbocycles. The second-order valence-electron chi connectivity index (χ2n) is 6.13. The first-order chi connectivity index (χ1) is 12.5. The van der Waals surface area contributed by atoms with Crippen molar-refractivity contribution in [1.82, 2.24) is 10.3 Å². The maximum Gasteiger partial charge on any atom is 0.311 e. The highest BCUT2D eigenvalue weighted by Gasteiger charge is 2.35. The van der Waals surface area contributed by atoms with Crippen LogP contribution in [0.1, 0.15) is 42.6 Å². The van der Waals surface area contributed by atoms with Crippen LogP contribution in [0.3, 0.4) is 0 Å². The Kier molecular flexibility index (Phi) is 6.72. The van der Waals surface area contributed by atoms with Crippen LogP contribution >= 0.6 is 0 Å². The molecular weight excluding hydrogens is 332 g/mol. The molecule has 6 nitrogen and oxygen atoms in total. The van der Waals surface area contributed by atoms with E-state index in [4.69, 9.17) is 4.74 Å². The van der Waals surface area contributed by atoms with Crippen molar-refractivity contribution in [3.8, 4) is 5.88 Å². The third-order valence-corrected chi connectivity index (χ3v) is 4.62. The maximum atomic E-state index is 12.3. The number of nitrogens with zero attached hydrogens (tertiary/aromatic N) is 1. The number of benzene rings is 1. The van der Waals surface area contributed by atoms with Gasteiger partial charge >= 0.3 is 5.97 Å². The van der Waals surface area contributed by atoms with Crippen LogP contribution in [0.15, 0.2) is 48.7 Å². The summed E-state index contributed by atoms with van der Waals surface area (Å²) in [5.74, 6) is -0.822. The van der Waals surface area contributed by atoms with E-state index in [2.05, 4.69) is 10.3 Å². The summed E-state index contributed by atoms with van der Waals surface area (Å²) in [5, 5.41) is 12.1. The molecule has 0 aliphatic carbocycles. The fourth-order valence-corrected chi connectivity index (χ4v) is 2.56. The summed E-state index contributed by atoms with van der Waals surface area (Å²) in [4.78, 5) is 27.9. The van der Waals surface area contributed by atoms with E-state index in [1.807, 2.05) is 44.2 Å². The minimum Gasteiger partial charge on any atom is -0.481 e. The average Bonchev–Trinajstić information content (AvgIpc) is 2.68. The molecule has 0 fully saturated rings. The van der Waals surface area contributed by atoms with Crippen molar-refractivity contribution in [3.63, 3.8) is 0 Å². The summed E-state index contributed by atoms with van der Waals surface area (Å²) in [5.41, 5.74) is 0.450. The molecular formula is C20H24N2O4. The van der Waals surface area contributed by atoms with Crippen molar-refractivity contribution in [1.29, 1.82) is 0 Å². The lowest BCUT2D eigenvalue weighted by atomic mass is 9.82. The number of carbonyl (C=O) groups excluding carboxylic acids is 1. The molecule has 0 spiro atoms. The molecule has 0 radical (unpaired) electrons. The summed E-state index contributed by atoms with van der Waals surface area (Å²) in [6.07, 6.45) is 2.32. The van der Waals surface area contributed by atoms with Gasteiger partial charge in [0.05, 0.1) is 11.0 Å². The number of rotatable bonds is 9. The summed E-state index contributed by atoms with van der Waals surface area (Å²) in [7, 11) is 0. The van der Waals surface area contributed by atoms with Crippen LogP contribution in [0.5, 0.6) is 5.88 Å².